The number of hydrogen-bond donors (Lipinski definition) is 4. The van der Waals surface area contributed by atoms with E-state index in [4.69, 9.17) is 4.74 Å². The SMILES string of the molecule is CSCC[C@@H](NC(=O)COc1ccccc1)C(=O)NNC(=O)c1n[nH]c(=O)c2ccccc12. The Morgan fingerprint density at radius 2 is 1.73 bits per heavy atom. The van der Waals surface area contributed by atoms with E-state index in [1.165, 1.54) is 11.8 Å². The summed E-state index contributed by atoms with van der Waals surface area (Å²) in [5.41, 5.74) is 4.12. The molecule has 3 amide bonds. The molecule has 0 bridgehead atoms. The molecular weight excluding hydrogens is 446 g/mol. The number of amides is 3. The summed E-state index contributed by atoms with van der Waals surface area (Å²) in [6, 6.07) is 14.4. The number of ether oxygens (including phenoxy) is 1. The number of carbonyl (C=O) groups excluding carboxylic acids is 3. The molecule has 0 fully saturated rings. The first-order chi connectivity index (χ1) is 16.0. The van der Waals surface area contributed by atoms with Crippen molar-refractivity contribution in [3.63, 3.8) is 0 Å². The molecule has 172 valence electrons. The van der Waals surface area contributed by atoms with Crippen LogP contribution >= 0.6 is 11.8 Å². The van der Waals surface area contributed by atoms with Gasteiger partial charge < -0.3 is 10.1 Å². The molecule has 1 heterocycles. The summed E-state index contributed by atoms with van der Waals surface area (Å²) < 4.78 is 5.40. The molecule has 3 rings (SSSR count). The Kier molecular flexibility index (Phi) is 8.42. The second-order valence-electron chi connectivity index (χ2n) is 6.89. The van der Waals surface area contributed by atoms with Gasteiger partial charge >= 0.3 is 0 Å². The molecule has 3 aromatic rings. The number of H-pyrrole nitrogens is 1. The standard InChI is InChI=1S/C22H23N5O5S/c1-33-12-11-17(23-18(28)13-32-14-7-3-2-4-8-14)21(30)26-27-22(31)19-15-9-5-6-10-16(15)20(29)25-24-19/h2-10,17H,11-13H2,1H3,(H,23,28)(H,25,29)(H,26,30)(H,27,31)/t17-/m1/s1. The number of para-hydroxylation sites is 1. The number of benzene rings is 2. The van der Waals surface area contributed by atoms with Crippen LogP contribution in [0.3, 0.4) is 0 Å². The first-order valence-corrected chi connectivity index (χ1v) is 11.4. The number of hydrazine groups is 1. The van der Waals surface area contributed by atoms with E-state index in [-0.39, 0.29) is 12.3 Å². The van der Waals surface area contributed by atoms with Gasteiger partial charge in [0, 0.05) is 5.39 Å². The van der Waals surface area contributed by atoms with Gasteiger partial charge in [-0.3, -0.25) is 30.0 Å². The van der Waals surface area contributed by atoms with Crippen molar-refractivity contribution in [2.45, 2.75) is 12.5 Å². The summed E-state index contributed by atoms with van der Waals surface area (Å²) >= 11 is 1.52. The number of nitrogens with zero attached hydrogens (tertiary/aromatic N) is 1. The van der Waals surface area contributed by atoms with Gasteiger partial charge in [-0.2, -0.15) is 16.9 Å². The van der Waals surface area contributed by atoms with Crippen molar-refractivity contribution >= 4 is 40.3 Å². The summed E-state index contributed by atoms with van der Waals surface area (Å²) in [6.45, 7) is -0.257. The third-order valence-corrected chi connectivity index (χ3v) is 5.23. The highest BCUT2D eigenvalue weighted by Crippen LogP contribution is 2.12. The predicted octanol–water partition coefficient (Wildman–Crippen LogP) is 1.00. The molecule has 0 unspecified atom stereocenters. The van der Waals surface area contributed by atoms with E-state index in [0.717, 1.165) is 0 Å². The lowest BCUT2D eigenvalue weighted by atomic mass is 10.1. The minimum atomic E-state index is -0.884. The molecule has 1 aromatic heterocycles. The fourth-order valence-corrected chi connectivity index (χ4v) is 3.43. The molecular formula is C22H23N5O5S. The van der Waals surface area contributed by atoms with Gasteiger partial charge in [0.25, 0.3) is 23.3 Å². The molecule has 2 aromatic carbocycles. The Morgan fingerprint density at radius 3 is 2.45 bits per heavy atom. The minimum absolute atomic E-state index is 0.0496. The van der Waals surface area contributed by atoms with Crippen LogP contribution in [0, 0.1) is 0 Å². The average molecular weight is 470 g/mol. The van der Waals surface area contributed by atoms with E-state index in [1.807, 2.05) is 12.3 Å². The van der Waals surface area contributed by atoms with E-state index in [1.54, 1.807) is 48.5 Å². The van der Waals surface area contributed by atoms with Gasteiger partial charge in [0.15, 0.2) is 12.3 Å². The number of thioether (sulfide) groups is 1. The molecule has 0 saturated heterocycles. The lowest BCUT2D eigenvalue weighted by Crippen LogP contribution is -2.53. The van der Waals surface area contributed by atoms with Crippen molar-refractivity contribution in [2.24, 2.45) is 0 Å². The number of carbonyl (C=O) groups is 3. The van der Waals surface area contributed by atoms with Gasteiger partial charge in [-0.1, -0.05) is 36.4 Å². The van der Waals surface area contributed by atoms with E-state index in [9.17, 15) is 19.2 Å². The topological polar surface area (TPSA) is 142 Å². The number of fused-ring (bicyclic) bond motifs is 1. The molecule has 33 heavy (non-hydrogen) atoms. The Bertz CT molecular complexity index is 1180. The summed E-state index contributed by atoms with van der Waals surface area (Å²) in [6.07, 6.45) is 2.23. The Balaban J connectivity index is 1.60. The normalized spacial score (nSPS) is 11.4. The number of aromatic nitrogens is 2. The highest BCUT2D eigenvalue weighted by atomic mass is 32.2. The van der Waals surface area contributed by atoms with E-state index in [2.05, 4.69) is 26.4 Å². The van der Waals surface area contributed by atoms with Crippen molar-refractivity contribution in [2.75, 3.05) is 18.6 Å². The van der Waals surface area contributed by atoms with Crippen molar-refractivity contribution in [1.82, 2.24) is 26.4 Å². The molecule has 0 saturated carbocycles. The van der Waals surface area contributed by atoms with E-state index >= 15 is 0 Å². The van der Waals surface area contributed by atoms with Gasteiger partial charge in [0.2, 0.25) is 0 Å². The van der Waals surface area contributed by atoms with Crippen LogP contribution in [-0.2, 0) is 9.59 Å². The fourth-order valence-electron chi connectivity index (χ4n) is 2.96. The second-order valence-corrected chi connectivity index (χ2v) is 7.88. The maximum absolute atomic E-state index is 12.6. The van der Waals surface area contributed by atoms with Crippen LogP contribution in [0.15, 0.2) is 59.4 Å². The van der Waals surface area contributed by atoms with Crippen LogP contribution in [0.2, 0.25) is 0 Å². The predicted molar refractivity (Wildman–Crippen MR) is 125 cm³/mol. The number of aromatic amines is 1. The van der Waals surface area contributed by atoms with Gasteiger partial charge in [0.1, 0.15) is 11.8 Å². The van der Waals surface area contributed by atoms with Crippen molar-refractivity contribution < 1.29 is 19.1 Å². The molecule has 0 aliphatic rings. The molecule has 10 nitrogen and oxygen atoms in total. The van der Waals surface area contributed by atoms with Gasteiger partial charge in [-0.15, -0.1) is 0 Å². The summed E-state index contributed by atoms with van der Waals surface area (Å²) in [5.74, 6) is -0.638. The number of rotatable bonds is 9. The summed E-state index contributed by atoms with van der Waals surface area (Å²) in [5, 5.41) is 9.32. The van der Waals surface area contributed by atoms with Crippen LogP contribution < -0.4 is 26.5 Å². The first-order valence-electron chi connectivity index (χ1n) is 10.0. The van der Waals surface area contributed by atoms with Crippen LogP contribution in [0.1, 0.15) is 16.9 Å². The highest BCUT2D eigenvalue weighted by molar-refractivity contribution is 7.98. The highest BCUT2D eigenvalue weighted by Gasteiger charge is 2.22. The Labute approximate surface area is 193 Å². The smallest absolute Gasteiger partial charge is 0.290 e. The fraction of sp³-hybridized carbons (Fsp3) is 0.227. The molecule has 4 N–H and O–H groups in total. The Hall–Kier alpha value is -3.86. The maximum atomic E-state index is 12.6. The van der Waals surface area contributed by atoms with Crippen LogP contribution in [0.25, 0.3) is 10.8 Å². The minimum Gasteiger partial charge on any atom is -0.484 e. The molecule has 0 spiro atoms. The van der Waals surface area contributed by atoms with Crippen LogP contribution in [0.4, 0.5) is 0 Å². The van der Waals surface area contributed by atoms with E-state index < -0.39 is 29.3 Å². The van der Waals surface area contributed by atoms with Gasteiger partial charge in [-0.05, 0) is 36.6 Å². The summed E-state index contributed by atoms with van der Waals surface area (Å²) in [7, 11) is 0. The number of nitrogens with one attached hydrogen (secondary N) is 4. The molecule has 11 heteroatoms. The van der Waals surface area contributed by atoms with Crippen molar-refractivity contribution in [1.29, 1.82) is 0 Å². The zero-order chi connectivity index (χ0) is 23.6. The molecule has 0 radical (unpaired) electrons. The van der Waals surface area contributed by atoms with Gasteiger partial charge in [0.05, 0.1) is 5.39 Å². The second kappa shape index (κ2) is 11.7. The zero-order valence-corrected chi connectivity index (χ0v) is 18.6. The average Bonchev–Trinajstić information content (AvgIpc) is 2.84. The quantitative estimate of drug-likeness (QED) is 0.343. The monoisotopic (exact) mass is 469 g/mol. The molecule has 0 aliphatic heterocycles. The molecule has 1 atom stereocenters. The lowest BCUT2D eigenvalue weighted by Gasteiger charge is -2.18. The van der Waals surface area contributed by atoms with Crippen molar-refractivity contribution in [3.05, 3.63) is 70.6 Å². The molecule has 0 aliphatic carbocycles. The van der Waals surface area contributed by atoms with Crippen LogP contribution in [-0.4, -0.2) is 52.6 Å². The maximum Gasteiger partial charge on any atom is 0.290 e. The first kappa shape index (κ1) is 23.8. The largest absolute Gasteiger partial charge is 0.484 e. The van der Waals surface area contributed by atoms with Crippen LogP contribution in [0.5, 0.6) is 5.75 Å². The zero-order valence-electron chi connectivity index (χ0n) is 17.8. The number of hydrogen-bond acceptors (Lipinski definition) is 7. The van der Waals surface area contributed by atoms with E-state index in [0.29, 0.717) is 28.7 Å². The van der Waals surface area contributed by atoms with Gasteiger partial charge in [-0.25, -0.2) is 5.10 Å². The third kappa shape index (κ3) is 6.56. The third-order valence-electron chi connectivity index (χ3n) is 4.59. The lowest BCUT2D eigenvalue weighted by molar-refractivity contribution is -0.130. The Morgan fingerprint density at radius 1 is 1.03 bits per heavy atom. The van der Waals surface area contributed by atoms with Crippen molar-refractivity contribution in [3.8, 4) is 5.75 Å². The summed E-state index contributed by atoms with van der Waals surface area (Å²) in [4.78, 5) is 49.4.